The van der Waals surface area contributed by atoms with E-state index in [4.69, 9.17) is 0 Å². The molecule has 1 saturated heterocycles. The lowest BCUT2D eigenvalue weighted by molar-refractivity contribution is -0.135. The van der Waals surface area contributed by atoms with Gasteiger partial charge >= 0.3 is 0 Å². The highest BCUT2D eigenvalue weighted by Crippen LogP contribution is 2.28. The van der Waals surface area contributed by atoms with Crippen molar-refractivity contribution in [2.24, 2.45) is 5.92 Å². The van der Waals surface area contributed by atoms with Crippen molar-refractivity contribution in [2.45, 2.75) is 83.7 Å². The molecule has 0 aromatic heterocycles. The lowest BCUT2D eigenvalue weighted by Gasteiger charge is -2.40. The van der Waals surface area contributed by atoms with Gasteiger partial charge in [0.2, 0.25) is 5.91 Å². The van der Waals surface area contributed by atoms with Crippen molar-refractivity contribution < 1.29 is 4.79 Å². The van der Waals surface area contributed by atoms with Gasteiger partial charge in [0, 0.05) is 31.6 Å². The molecule has 2 fully saturated rings. The predicted molar refractivity (Wildman–Crippen MR) is 83.7 cm³/mol. The average Bonchev–Trinajstić information content (AvgIpc) is 2.52. The summed E-state index contributed by atoms with van der Waals surface area (Å²) in [7, 11) is 0. The molecule has 3 heteroatoms. The Balaban J connectivity index is 1.81. The van der Waals surface area contributed by atoms with Crippen molar-refractivity contribution >= 4 is 5.91 Å². The molecule has 0 aromatic carbocycles. The van der Waals surface area contributed by atoms with E-state index >= 15 is 0 Å². The van der Waals surface area contributed by atoms with Crippen molar-refractivity contribution in [2.75, 3.05) is 13.1 Å². The first-order valence-corrected chi connectivity index (χ1v) is 8.77. The topological polar surface area (TPSA) is 32.3 Å². The first kappa shape index (κ1) is 15.8. The minimum Gasteiger partial charge on any atom is -0.337 e. The van der Waals surface area contributed by atoms with Gasteiger partial charge in [0.1, 0.15) is 0 Å². The van der Waals surface area contributed by atoms with Crippen LogP contribution in [0, 0.1) is 5.92 Å². The van der Waals surface area contributed by atoms with Crippen LogP contribution in [0.15, 0.2) is 0 Å². The van der Waals surface area contributed by atoms with E-state index < -0.39 is 0 Å². The van der Waals surface area contributed by atoms with Crippen molar-refractivity contribution in [1.82, 2.24) is 10.2 Å². The van der Waals surface area contributed by atoms with Gasteiger partial charge in [0.05, 0.1) is 0 Å². The van der Waals surface area contributed by atoms with Gasteiger partial charge in [-0.25, -0.2) is 0 Å². The number of nitrogens with one attached hydrogen (secondary N) is 1. The molecule has 1 amide bonds. The maximum absolute atomic E-state index is 12.6. The first-order chi connectivity index (χ1) is 9.74. The third kappa shape index (κ3) is 4.21. The fourth-order valence-electron chi connectivity index (χ4n) is 3.75. The number of carbonyl (C=O) groups excluding carboxylic acids is 1. The molecule has 2 aliphatic rings. The van der Waals surface area contributed by atoms with Crippen molar-refractivity contribution in [3.63, 3.8) is 0 Å². The van der Waals surface area contributed by atoms with Crippen LogP contribution in [-0.4, -0.2) is 36.0 Å². The molecule has 1 heterocycles. The van der Waals surface area contributed by atoms with E-state index in [-0.39, 0.29) is 0 Å². The number of carbonyl (C=O) groups is 1. The average molecular weight is 280 g/mol. The molecule has 1 saturated carbocycles. The summed E-state index contributed by atoms with van der Waals surface area (Å²) in [6.07, 6.45) is 10.9. The number of nitrogens with zero attached hydrogens (tertiary/aromatic N) is 1. The van der Waals surface area contributed by atoms with Gasteiger partial charge in [-0.3, -0.25) is 4.79 Å². The molecule has 2 atom stereocenters. The Morgan fingerprint density at radius 3 is 2.55 bits per heavy atom. The molecule has 0 radical (unpaired) electrons. The summed E-state index contributed by atoms with van der Waals surface area (Å²) in [5.74, 6) is 1.22. The molecule has 1 N–H and O–H groups in total. The van der Waals surface area contributed by atoms with Gasteiger partial charge in [-0.05, 0) is 25.2 Å². The zero-order chi connectivity index (χ0) is 14.4. The number of hydrogen-bond acceptors (Lipinski definition) is 2. The molecule has 1 aliphatic carbocycles. The van der Waals surface area contributed by atoms with Gasteiger partial charge in [-0.1, -0.05) is 46.0 Å². The summed E-state index contributed by atoms with van der Waals surface area (Å²) in [5.41, 5.74) is 0. The molecule has 0 aromatic rings. The maximum Gasteiger partial charge on any atom is 0.222 e. The van der Waals surface area contributed by atoms with Crippen molar-refractivity contribution in [3.05, 3.63) is 0 Å². The largest absolute Gasteiger partial charge is 0.337 e. The summed E-state index contributed by atoms with van der Waals surface area (Å²) >= 11 is 0. The van der Waals surface area contributed by atoms with Crippen LogP contribution in [-0.2, 0) is 4.79 Å². The van der Waals surface area contributed by atoms with Crippen LogP contribution in [0.3, 0.4) is 0 Å². The Morgan fingerprint density at radius 2 is 1.90 bits per heavy atom. The fraction of sp³-hybridized carbons (Fsp3) is 0.941. The molecule has 0 spiro atoms. The van der Waals surface area contributed by atoms with Gasteiger partial charge in [-0.15, -0.1) is 0 Å². The molecular formula is C17H32N2O. The van der Waals surface area contributed by atoms with Gasteiger partial charge in [0.15, 0.2) is 0 Å². The number of amides is 1. The Bertz CT molecular complexity index is 299. The summed E-state index contributed by atoms with van der Waals surface area (Å²) < 4.78 is 0. The Kier molecular flexibility index (Phi) is 6.34. The first-order valence-electron chi connectivity index (χ1n) is 8.77. The molecular weight excluding hydrogens is 248 g/mol. The van der Waals surface area contributed by atoms with Crippen molar-refractivity contribution in [1.29, 1.82) is 0 Å². The third-order valence-electron chi connectivity index (χ3n) is 5.28. The monoisotopic (exact) mass is 280 g/mol. The lowest BCUT2D eigenvalue weighted by Crippen LogP contribution is -2.57. The molecule has 1 aliphatic heterocycles. The lowest BCUT2D eigenvalue weighted by atomic mass is 9.86. The highest BCUT2D eigenvalue weighted by molar-refractivity contribution is 5.76. The van der Waals surface area contributed by atoms with E-state index in [2.05, 4.69) is 24.1 Å². The number of rotatable bonds is 5. The number of piperazine rings is 1. The predicted octanol–water partition coefficient (Wildman–Crippen LogP) is 3.34. The molecule has 20 heavy (non-hydrogen) atoms. The highest BCUT2D eigenvalue weighted by atomic mass is 16.2. The zero-order valence-electron chi connectivity index (χ0n) is 13.4. The quantitative estimate of drug-likeness (QED) is 0.837. The number of hydrogen-bond donors (Lipinski definition) is 1. The van der Waals surface area contributed by atoms with Crippen LogP contribution in [0.1, 0.15) is 71.6 Å². The zero-order valence-corrected chi connectivity index (χ0v) is 13.4. The summed E-state index contributed by atoms with van der Waals surface area (Å²) in [4.78, 5) is 14.7. The highest BCUT2D eigenvalue weighted by Gasteiger charge is 2.29. The van der Waals surface area contributed by atoms with E-state index in [9.17, 15) is 4.79 Å². The fourth-order valence-corrected chi connectivity index (χ4v) is 3.75. The standard InChI is InChI=1S/C17H32N2O/c1-3-15-13-19(16(4-2)12-18-15)17(20)11-10-14-8-6-5-7-9-14/h14-16,18H,3-13H2,1-2H3. The molecule has 0 bridgehead atoms. The van der Waals surface area contributed by atoms with Crippen LogP contribution in [0.25, 0.3) is 0 Å². The summed E-state index contributed by atoms with van der Waals surface area (Å²) in [6.45, 7) is 6.29. The van der Waals surface area contributed by atoms with Gasteiger partial charge < -0.3 is 10.2 Å². The van der Waals surface area contributed by atoms with Crippen LogP contribution in [0.5, 0.6) is 0 Å². The summed E-state index contributed by atoms with van der Waals surface area (Å²) in [6, 6.07) is 0.910. The van der Waals surface area contributed by atoms with Crippen LogP contribution < -0.4 is 5.32 Å². The maximum atomic E-state index is 12.6. The van der Waals surface area contributed by atoms with E-state index in [0.717, 1.165) is 44.7 Å². The molecule has 2 unspecified atom stereocenters. The minimum absolute atomic E-state index is 0.405. The van der Waals surface area contributed by atoms with E-state index in [1.165, 1.54) is 32.1 Å². The van der Waals surface area contributed by atoms with Gasteiger partial charge in [-0.2, -0.15) is 0 Å². The molecule has 3 nitrogen and oxygen atoms in total. The molecule has 116 valence electrons. The molecule has 2 rings (SSSR count). The van der Waals surface area contributed by atoms with Crippen LogP contribution >= 0.6 is 0 Å². The smallest absolute Gasteiger partial charge is 0.222 e. The Hall–Kier alpha value is -0.570. The summed E-state index contributed by atoms with van der Waals surface area (Å²) in [5, 5.41) is 3.57. The Labute approximate surface area is 124 Å². The van der Waals surface area contributed by atoms with Crippen LogP contribution in [0.2, 0.25) is 0 Å². The normalized spacial score (nSPS) is 28.6. The van der Waals surface area contributed by atoms with E-state index in [1.54, 1.807) is 0 Å². The van der Waals surface area contributed by atoms with Crippen molar-refractivity contribution in [3.8, 4) is 0 Å². The van der Waals surface area contributed by atoms with E-state index in [1.807, 2.05) is 0 Å². The van der Waals surface area contributed by atoms with E-state index in [0.29, 0.717) is 18.0 Å². The van der Waals surface area contributed by atoms with Crippen LogP contribution in [0.4, 0.5) is 0 Å². The second kappa shape index (κ2) is 8.02. The SMILES string of the molecule is CCC1CN(C(=O)CCC2CCCCC2)C(CC)CN1. The van der Waals surface area contributed by atoms with Gasteiger partial charge in [0.25, 0.3) is 0 Å². The Morgan fingerprint density at radius 1 is 1.15 bits per heavy atom. The minimum atomic E-state index is 0.405. The second-order valence-corrected chi connectivity index (χ2v) is 6.66. The second-order valence-electron chi connectivity index (χ2n) is 6.66. The third-order valence-corrected chi connectivity index (χ3v) is 5.28.